The molecule has 5 heteroatoms. The topological polar surface area (TPSA) is 55.9 Å². The first-order valence-corrected chi connectivity index (χ1v) is 6.29. The van der Waals surface area contributed by atoms with Gasteiger partial charge in [-0.25, -0.2) is 0 Å². The smallest absolute Gasteiger partial charge is 0.148 e. The van der Waals surface area contributed by atoms with E-state index in [0.717, 1.165) is 34.2 Å². The average molecular weight is 265 g/mol. The Morgan fingerprint density at radius 2 is 2.00 bits per heavy atom. The summed E-state index contributed by atoms with van der Waals surface area (Å²) in [6.07, 6.45) is 0.836. The molecule has 0 radical (unpaired) electrons. The minimum Gasteiger partial charge on any atom is -0.394 e. The predicted molar refractivity (Wildman–Crippen MR) is 75.8 cm³/mol. The van der Waals surface area contributed by atoms with Gasteiger partial charge < -0.3 is 11.1 Å². The van der Waals surface area contributed by atoms with Crippen LogP contribution in [0.25, 0.3) is 0 Å². The number of nitrogen functional groups attached to an aromatic ring is 1. The Bertz CT molecular complexity index is 531. The van der Waals surface area contributed by atoms with E-state index in [0.29, 0.717) is 6.54 Å². The molecule has 2 aromatic rings. The van der Waals surface area contributed by atoms with E-state index in [1.165, 1.54) is 0 Å². The standard InChI is InChI=1S/C13H17ClN4/c1-3-11-12(15)13(18(2)17-11)16-8-9-4-6-10(14)7-5-9/h4-7,16H,3,8,15H2,1-2H3. The molecule has 1 heterocycles. The summed E-state index contributed by atoms with van der Waals surface area (Å²) in [4.78, 5) is 0. The lowest BCUT2D eigenvalue weighted by molar-refractivity contribution is 0.747. The highest BCUT2D eigenvalue weighted by atomic mass is 35.5. The number of nitrogens with one attached hydrogen (secondary N) is 1. The monoisotopic (exact) mass is 264 g/mol. The van der Waals surface area contributed by atoms with Gasteiger partial charge in [-0.3, -0.25) is 4.68 Å². The number of benzene rings is 1. The molecule has 0 amide bonds. The maximum atomic E-state index is 6.04. The summed E-state index contributed by atoms with van der Waals surface area (Å²) < 4.78 is 1.78. The molecular formula is C13H17ClN4. The number of aryl methyl sites for hydroxylation is 2. The first kappa shape index (κ1) is 12.8. The molecule has 18 heavy (non-hydrogen) atoms. The summed E-state index contributed by atoms with van der Waals surface area (Å²) in [6, 6.07) is 7.73. The zero-order chi connectivity index (χ0) is 13.1. The van der Waals surface area contributed by atoms with Gasteiger partial charge in [-0.1, -0.05) is 30.7 Å². The largest absolute Gasteiger partial charge is 0.394 e. The Hall–Kier alpha value is -1.68. The maximum absolute atomic E-state index is 6.04. The first-order valence-electron chi connectivity index (χ1n) is 5.91. The predicted octanol–water partition coefficient (Wildman–Crippen LogP) is 2.83. The van der Waals surface area contributed by atoms with Crippen molar-refractivity contribution in [3.63, 3.8) is 0 Å². The zero-order valence-electron chi connectivity index (χ0n) is 10.6. The van der Waals surface area contributed by atoms with E-state index >= 15 is 0 Å². The Kier molecular flexibility index (Phi) is 3.77. The highest BCUT2D eigenvalue weighted by Crippen LogP contribution is 2.23. The third-order valence-electron chi connectivity index (χ3n) is 2.87. The molecule has 0 aliphatic heterocycles. The zero-order valence-corrected chi connectivity index (χ0v) is 11.3. The van der Waals surface area contributed by atoms with Gasteiger partial charge in [0.15, 0.2) is 0 Å². The number of halogens is 1. The lowest BCUT2D eigenvalue weighted by Gasteiger charge is -2.07. The summed E-state index contributed by atoms with van der Waals surface area (Å²) in [7, 11) is 1.89. The van der Waals surface area contributed by atoms with Gasteiger partial charge in [0.2, 0.25) is 0 Å². The van der Waals surface area contributed by atoms with Crippen LogP contribution in [0.5, 0.6) is 0 Å². The minimum absolute atomic E-state index is 0.698. The van der Waals surface area contributed by atoms with Gasteiger partial charge in [-0.15, -0.1) is 0 Å². The van der Waals surface area contributed by atoms with Crippen molar-refractivity contribution in [3.8, 4) is 0 Å². The number of nitrogens with zero attached hydrogens (tertiary/aromatic N) is 2. The highest BCUT2D eigenvalue weighted by Gasteiger charge is 2.11. The molecule has 0 atom stereocenters. The van der Waals surface area contributed by atoms with Gasteiger partial charge in [-0.2, -0.15) is 5.10 Å². The summed E-state index contributed by atoms with van der Waals surface area (Å²) in [5.74, 6) is 0.863. The molecular weight excluding hydrogens is 248 g/mol. The summed E-state index contributed by atoms with van der Waals surface area (Å²) in [5, 5.41) is 8.41. The fourth-order valence-corrected chi connectivity index (χ4v) is 1.98. The fourth-order valence-electron chi connectivity index (χ4n) is 1.85. The molecule has 0 fully saturated rings. The second-order valence-corrected chi connectivity index (χ2v) is 4.60. The third-order valence-corrected chi connectivity index (χ3v) is 3.12. The lowest BCUT2D eigenvalue weighted by Crippen LogP contribution is -2.06. The number of aromatic nitrogens is 2. The normalized spacial score (nSPS) is 10.6. The summed E-state index contributed by atoms with van der Waals surface area (Å²) in [6.45, 7) is 2.74. The lowest BCUT2D eigenvalue weighted by atomic mass is 10.2. The molecule has 0 bridgehead atoms. The van der Waals surface area contributed by atoms with Crippen molar-refractivity contribution < 1.29 is 0 Å². The van der Waals surface area contributed by atoms with Crippen LogP contribution >= 0.6 is 11.6 Å². The van der Waals surface area contributed by atoms with Gasteiger partial charge in [0, 0.05) is 18.6 Å². The van der Waals surface area contributed by atoms with Crippen molar-refractivity contribution in [2.45, 2.75) is 19.9 Å². The molecule has 3 N–H and O–H groups in total. The van der Waals surface area contributed by atoms with E-state index < -0.39 is 0 Å². The van der Waals surface area contributed by atoms with E-state index in [4.69, 9.17) is 17.3 Å². The molecule has 1 aromatic heterocycles. The van der Waals surface area contributed by atoms with Crippen molar-refractivity contribution >= 4 is 23.1 Å². The Morgan fingerprint density at radius 1 is 1.33 bits per heavy atom. The summed E-state index contributed by atoms with van der Waals surface area (Å²) >= 11 is 5.85. The van der Waals surface area contributed by atoms with Crippen LogP contribution in [0.2, 0.25) is 5.02 Å². The Labute approximate surface area is 112 Å². The number of hydrogen-bond donors (Lipinski definition) is 2. The number of rotatable bonds is 4. The average Bonchev–Trinajstić information content (AvgIpc) is 2.64. The van der Waals surface area contributed by atoms with E-state index in [2.05, 4.69) is 10.4 Å². The molecule has 0 aliphatic carbocycles. The van der Waals surface area contributed by atoms with E-state index in [-0.39, 0.29) is 0 Å². The SMILES string of the molecule is CCc1nn(C)c(NCc2ccc(Cl)cc2)c1N. The maximum Gasteiger partial charge on any atom is 0.148 e. The third kappa shape index (κ3) is 2.59. The van der Waals surface area contributed by atoms with Gasteiger partial charge in [0.25, 0.3) is 0 Å². The summed E-state index contributed by atoms with van der Waals surface area (Å²) in [5.41, 5.74) is 8.84. The molecule has 0 unspecified atom stereocenters. The molecule has 4 nitrogen and oxygen atoms in total. The highest BCUT2D eigenvalue weighted by molar-refractivity contribution is 6.30. The van der Waals surface area contributed by atoms with E-state index in [9.17, 15) is 0 Å². The molecule has 0 spiro atoms. The second-order valence-electron chi connectivity index (χ2n) is 4.17. The fraction of sp³-hybridized carbons (Fsp3) is 0.308. The van der Waals surface area contributed by atoms with Crippen molar-refractivity contribution in [2.75, 3.05) is 11.1 Å². The van der Waals surface area contributed by atoms with Crippen molar-refractivity contribution in [1.29, 1.82) is 0 Å². The van der Waals surface area contributed by atoms with Crippen LogP contribution in [0, 0.1) is 0 Å². The van der Waals surface area contributed by atoms with Crippen LogP contribution in [0.4, 0.5) is 11.5 Å². The molecule has 96 valence electrons. The quantitative estimate of drug-likeness (QED) is 0.893. The van der Waals surface area contributed by atoms with Crippen molar-refractivity contribution in [3.05, 3.63) is 40.5 Å². The van der Waals surface area contributed by atoms with Crippen LogP contribution in [0.1, 0.15) is 18.2 Å². The van der Waals surface area contributed by atoms with Crippen LogP contribution < -0.4 is 11.1 Å². The molecule has 1 aromatic carbocycles. The Balaban J connectivity index is 2.10. The first-order chi connectivity index (χ1) is 8.61. The van der Waals surface area contributed by atoms with Gasteiger partial charge in [-0.05, 0) is 24.1 Å². The van der Waals surface area contributed by atoms with Crippen LogP contribution in [-0.4, -0.2) is 9.78 Å². The molecule has 2 rings (SSSR count). The minimum atomic E-state index is 0.698. The van der Waals surface area contributed by atoms with Crippen molar-refractivity contribution in [1.82, 2.24) is 9.78 Å². The van der Waals surface area contributed by atoms with Crippen molar-refractivity contribution in [2.24, 2.45) is 7.05 Å². The van der Waals surface area contributed by atoms with Gasteiger partial charge in [0.1, 0.15) is 5.82 Å². The number of anilines is 2. The molecule has 0 saturated heterocycles. The van der Waals surface area contributed by atoms with Gasteiger partial charge in [0.05, 0.1) is 11.4 Å². The molecule has 0 aliphatic rings. The Morgan fingerprint density at radius 3 is 2.56 bits per heavy atom. The van der Waals surface area contributed by atoms with E-state index in [1.54, 1.807) is 4.68 Å². The van der Waals surface area contributed by atoms with Crippen LogP contribution in [-0.2, 0) is 20.0 Å². The van der Waals surface area contributed by atoms with Crippen LogP contribution in [0.3, 0.4) is 0 Å². The second kappa shape index (κ2) is 5.31. The van der Waals surface area contributed by atoms with Gasteiger partial charge >= 0.3 is 0 Å². The van der Waals surface area contributed by atoms with Crippen LogP contribution in [0.15, 0.2) is 24.3 Å². The number of hydrogen-bond acceptors (Lipinski definition) is 3. The van der Waals surface area contributed by atoms with E-state index in [1.807, 2.05) is 38.2 Å². The molecule has 0 saturated carbocycles. The number of nitrogens with two attached hydrogens (primary N) is 1.